The van der Waals surface area contributed by atoms with Crippen LogP contribution in [0.4, 0.5) is 0 Å². The summed E-state index contributed by atoms with van der Waals surface area (Å²) >= 11 is 0. The second kappa shape index (κ2) is 2.77. The molecule has 0 fully saturated rings. The molecule has 0 aliphatic carbocycles. The highest BCUT2D eigenvalue weighted by molar-refractivity contribution is 7.44. The quantitative estimate of drug-likeness (QED) is 0.348. The zero-order valence-electron chi connectivity index (χ0n) is 2.02. The molecule has 0 spiro atoms. The maximum Gasteiger partial charge on any atom is 0.0631 e. The molecule has 0 aromatic carbocycles. The fourth-order valence-electron chi connectivity index (χ4n) is 0. The van der Waals surface area contributed by atoms with Crippen molar-refractivity contribution in [2.45, 2.75) is 0 Å². The van der Waals surface area contributed by atoms with Crippen LogP contribution in [0.5, 0.6) is 0 Å². The minimum absolute atomic E-state index is 0.290. The van der Waals surface area contributed by atoms with E-state index in [2.05, 4.69) is 0 Å². The zero-order valence-corrected chi connectivity index (χ0v) is 2.92. The maximum absolute atomic E-state index is 6.18. The first-order valence-electron chi connectivity index (χ1n) is 0.770. The minimum Gasteiger partial charge on any atom is -0.302 e. The summed E-state index contributed by atoms with van der Waals surface area (Å²) in [4.78, 5) is 0. The number of hydrogen-bond donors (Lipinski definition) is 2. The fraction of sp³-hybridized carbons (Fsp3) is 0. The summed E-state index contributed by atoms with van der Waals surface area (Å²) in [5.41, 5.74) is 0. The molecular weight excluding hydrogens is 71.0 g/mol. The van der Waals surface area contributed by atoms with E-state index in [1.807, 2.05) is 0 Å². The fourth-order valence-corrected chi connectivity index (χ4v) is 0. The van der Waals surface area contributed by atoms with E-state index in [0.29, 0.717) is 8.37 Å². The third kappa shape index (κ3) is 1.77. The van der Waals surface area contributed by atoms with Gasteiger partial charge < -0.3 is 5.41 Å². The molecule has 0 unspecified atom stereocenters. The summed E-state index contributed by atoms with van der Waals surface area (Å²) in [5, 5.41) is 12.3. The van der Waals surface area contributed by atoms with Gasteiger partial charge in [0.1, 0.15) is 0 Å². The van der Waals surface area contributed by atoms with Crippen molar-refractivity contribution in [1.82, 2.24) is 0 Å². The van der Waals surface area contributed by atoms with E-state index in [-0.39, 0.29) is 0 Å². The van der Waals surface area contributed by atoms with E-state index in [1.54, 1.807) is 0 Å². The van der Waals surface area contributed by atoms with Crippen LogP contribution >= 0.6 is 8.37 Å². The molecule has 0 aromatic heterocycles. The lowest BCUT2D eigenvalue weighted by atomic mass is 11.7. The third-order valence-corrected chi connectivity index (χ3v) is 0.194. The number of nitrogens with one attached hydrogen (secondary N) is 2. The predicted octanol–water partition coefficient (Wildman–Crippen LogP) is 1.30. The number of rotatable bonds is 1. The van der Waals surface area contributed by atoms with Crippen LogP contribution in [0, 0.1) is 10.6 Å². The van der Waals surface area contributed by atoms with Crippen molar-refractivity contribution in [1.29, 1.82) is 10.6 Å². The van der Waals surface area contributed by atoms with Crippen molar-refractivity contribution in [3.63, 3.8) is 0 Å². The van der Waals surface area contributed by atoms with Gasteiger partial charge in [-0.15, -0.1) is 0 Å². The van der Waals surface area contributed by atoms with Crippen molar-refractivity contribution in [3.8, 4) is 0 Å². The van der Waals surface area contributed by atoms with Gasteiger partial charge in [0.05, 0.1) is 5.96 Å². The van der Waals surface area contributed by atoms with Crippen LogP contribution in [0.3, 0.4) is 0 Å². The van der Waals surface area contributed by atoms with Gasteiger partial charge in [0.2, 0.25) is 0 Å². The van der Waals surface area contributed by atoms with E-state index < -0.39 is 0 Å². The molecule has 0 aromatic rings. The van der Waals surface area contributed by atoms with E-state index in [4.69, 9.17) is 10.6 Å². The van der Waals surface area contributed by atoms with Crippen LogP contribution in [-0.4, -0.2) is 5.96 Å². The summed E-state index contributed by atoms with van der Waals surface area (Å²) in [5.74, 6) is 1.01. The maximum atomic E-state index is 6.18. The van der Waals surface area contributed by atoms with Crippen LogP contribution in [0.1, 0.15) is 0 Å². The minimum atomic E-state index is 0.290. The van der Waals surface area contributed by atoms with Crippen molar-refractivity contribution in [2.75, 3.05) is 0 Å². The molecule has 0 aliphatic heterocycles. The summed E-state index contributed by atoms with van der Waals surface area (Å²) < 4.78 is 0. The molecule has 0 radical (unpaired) electrons. The molecule has 0 rings (SSSR count). The van der Waals surface area contributed by atoms with Crippen LogP contribution < -0.4 is 0 Å². The smallest absolute Gasteiger partial charge is 0.0631 e. The van der Waals surface area contributed by atoms with Crippen molar-refractivity contribution in [3.05, 3.63) is 0 Å². The highest BCUT2D eigenvalue weighted by Crippen LogP contribution is 1.74. The largest absolute Gasteiger partial charge is 0.302 e. The van der Waals surface area contributed by atoms with E-state index in [9.17, 15) is 0 Å². The highest BCUT2D eigenvalue weighted by Gasteiger charge is 1.36. The standard InChI is InChI=1S/CH3N2P/c2-1-4-3/h1-3H. The SMILES string of the molecule is N=CP=N. The van der Waals surface area contributed by atoms with Gasteiger partial charge in [0.15, 0.2) is 0 Å². The Morgan fingerprint density at radius 2 is 2.00 bits per heavy atom. The molecule has 0 aliphatic rings. The Bertz CT molecular complexity index is 27.0. The molecule has 3 heteroatoms. The van der Waals surface area contributed by atoms with Crippen molar-refractivity contribution in [2.24, 2.45) is 0 Å². The highest BCUT2D eigenvalue weighted by atomic mass is 31.1. The Hall–Kier alpha value is -0.230. The summed E-state index contributed by atoms with van der Waals surface area (Å²) in [7, 11) is 0.290. The molecule has 0 saturated carbocycles. The predicted molar refractivity (Wildman–Crippen MR) is 18.4 cm³/mol. The second-order valence-corrected chi connectivity index (χ2v) is 0.775. The average Bonchev–Trinajstić information content (AvgIpc) is 1.37. The lowest BCUT2D eigenvalue weighted by Crippen LogP contribution is -1.24. The summed E-state index contributed by atoms with van der Waals surface area (Å²) in [6, 6.07) is 0. The Morgan fingerprint density at radius 3 is 2.00 bits per heavy atom. The van der Waals surface area contributed by atoms with Gasteiger partial charge in [0, 0.05) is 8.37 Å². The van der Waals surface area contributed by atoms with Gasteiger partial charge in [0.25, 0.3) is 0 Å². The van der Waals surface area contributed by atoms with E-state index in [0.717, 1.165) is 5.96 Å². The molecule has 0 amide bonds. The third-order valence-electron chi connectivity index (χ3n) is 0.0645. The van der Waals surface area contributed by atoms with Crippen LogP contribution in [-0.2, 0) is 0 Å². The Kier molecular flexibility index (Phi) is 2.61. The molecule has 0 saturated heterocycles. The van der Waals surface area contributed by atoms with E-state index >= 15 is 0 Å². The van der Waals surface area contributed by atoms with Crippen LogP contribution in [0.25, 0.3) is 0 Å². The first-order valence-corrected chi connectivity index (χ1v) is 1.73. The lowest BCUT2D eigenvalue weighted by Gasteiger charge is -1.40. The molecule has 0 atom stereocenters. The van der Waals surface area contributed by atoms with Crippen molar-refractivity contribution < 1.29 is 0 Å². The van der Waals surface area contributed by atoms with Crippen LogP contribution in [0.2, 0.25) is 0 Å². The molecule has 2 N–H and O–H groups in total. The first kappa shape index (κ1) is 3.77. The monoisotopic (exact) mass is 74.0 g/mol. The van der Waals surface area contributed by atoms with Gasteiger partial charge in [-0.2, -0.15) is 0 Å². The Morgan fingerprint density at radius 1 is 1.75 bits per heavy atom. The van der Waals surface area contributed by atoms with Crippen molar-refractivity contribution >= 4 is 14.3 Å². The summed E-state index contributed by atoms with van der Waals surface area (Å²) in [6.45, 7) is 0. The number of hydrogen-bond acceptors (Lipinski definition) is 2. The van der Waals surface area contributed by atoms with Crippen LogP contribution in [0.15, 0.2) is 0 Å². The zero-order chi connectivity index (χ0) is 3.41. The molecule has 2 nitrogen and oxygen atoms in total. The Balaban J connectivity index is 2.73. The summed E-state index contributed by atoms with van der Waals surface area (Å²) in [6.07, 6.45) is 0. The molecule has 4 heavy (non-hydrogen) atoms. The van der Waals surface area contributed by atoms with Gasteiger partial charge in [-0.05, 0) is 0 Å². The first-order chi connectivity index (χ1) is 1.91. The van der Waals surface area contributed by atoms with Gasteiger partial charge in [-0.25, -0.2) is 0 Å². The normalized spacial score (nSPS) is 7.00. The van der Waals surface area contributed by atoms with Gasteiger partial charge in [-0.1, -0.05) is 0 Å². The van der Waals surface area contributed by atoms with Gasteiger partial charge in [-0.3, -0.25) is 5.16 Å². The molecule has 0 bridgehead atoms. The second-order valence-electron chi connectivity index (χ2n) is 0.258. The topological polar surface area (TPSA) is 47.7 Å². The average molecular weight is 74.0 g/mol. The molecule has 22 valence electrons. The van der Waals surface area contributed by atoms with E-state index in [1.165, 1.54) is 0 Å². The lowest BCUT2D eigenvalue weighted by molar-refractivity contribution is 1.59. The molecule has 0 heterocycles. The van der Waals surface area contributed by atoms with Gasteiger partial charge >= 0.3 is 0 Å². The Labute approximate surface area is 26.0 Å². The molecular formula is CH3N2P.